The first kappa shape index (κ1) is 47.1. The van der Waals surface area contributed by atoms with E-state index in [1.807, 2.05) is 0 Å². The summed E-state index contributed by atoms with van der Waals surface area (Å²) >= 11 is 0. The third-order valence-corrected chi connectivity index (χ3v) is 8.11. The van der Waals surface area contributed by atoms with Gasteiger partial charge in [0.2, 0.25) is 24.4 Å². The molecule has 0 saturated carbocycles. The van der Waals surface area contributed by atoms with E-state index in [1.165, 1.54) is 38.1 Å². The van der Waals surface area contributed by atoms with Crippen molar-refractivity contribution in [3.05, 3.63) is 34.7 Å². The van der Waals surface area contributed by atoms with Crippen molar-refractivity contribution in [3.63, 3.8) is 0 Å². The fraction of sp³-hybridized carbons (Fsp3) is 0.541. The maximum Gasteiger partial charge on any atom is 0.336 e. The number of carbonyl (C=O) groups is 8. The number of carbonyl (C=O) groups excluding carboxylic acids is 8. The van der Waals surface area contributed by atoms with Crippen LogP contribution in [0, 0.1) is 11.8 Å². The predicted octanol–water partition coefficient (Wildman–Crippen LogP) is 0.0826. The largest absolute Gasteiger partial charge is 0.463 e. The van der Waals surface area contributed by atoms with Gasteiger partial charge in [-0.3, -0.25) is 38.4 Å². The molecule has 4 N–H and O–H groups in total. The van der Waals surface area contributed by atoms with Crippen LogP contribution in [0.3, 0.4) is 0 Å². The zero-order chi connectivity index (χ0) is 44.3. The molecule has 2 saturated heterocycles. The molecular weight excluding hydrogens is 792 g/mol. The summed E-state index contributed by atoms with van der Waals surface area (Å²) in [5.74, 6) is -8.12. The molecule has 0 aliphatic carbocycles. The number of hydrogen-bond donors (Lipinski definition) is 2. The molecule has 2 fully saturated rings. The summed E-state index contributed by atoms with van der Waals surface area (Å²) in [4.78, 5) is 105. The van der Waals surface area contributed by atoms with Gasteiger partial charge in [-0.2, -0.15) is 0 Å². The molecule has 0 spiro atoms. The van der Waals surface area contributed by atoms with Gasteiger partial charge in [0.25, 0.3) is 0 Å². The van der Waals surface area contributed by atoms with Crippen LogP contribution < -0.4 is 26.6 Å². The molecule has 324 valence electrons. The predicted molar refractivity (Wildman–Crippen MR) is 193 cm³/mol. The molecule has 0 radical (unpaired) electrons. The number of benzene rings is 1. The third kappa shape index (κ3) is 13.7. The molecule has 0 bridgehead atoms. The van der Waals surface area contributed by atoms with Crippen LogP contribution >= 0.6 is 0 Å². The first-order chi connectivity index (χ1) is 27.6. The Balaban J connectivity index is 0.00000107. The molecule has 2 amide bonds. The van der Waals surface area contributed by atoms with Gasteiger partial charge in [0, 0.05) is 72.9 Å². The highest BCUT2D eigenvalue weighted by Crippen LogP contribution is 2.48. The van der Waals surface area contributed by atoms with E-state index in [2.05, 4.69) is 11.5 Å². The molecule has 10 atom stereocenters. The van der Waals surface area contributed by atoms with E-state index in [0.29, 0.717) is 5.39 Å². The van der Waals surface area contributed by atoms with Crippen LogP contribution in [-0.4, -0.2) is 110 Å². The van der Waals surface area contributed by atoms with E-state index < -0.39 is 116 Å². The number of ether oxygens (including phenoxy) is 10. The van der Waals surface area contributed by atoms with Gasteiger partial charge in [-0.15, -0.1) is 0 Å². The molecule has 1 aromatic carbocycles. The lowest BCUT2D eigenvalue weighted by Gasteiger charge is -2.53. The summed E-state index contributed by atoms with van der Waals surface area (Å²) in [7, 11) is 0. The van der Waals surface area contributed by atoms with Crippen LogP contribution in [0.1, 0.15) is 55.4 Å². The normalized spacial score (nSPS) is 26.3. The van der Waals surface area contributed by atoms with Crippen LogP contribution in [0.4, 0.5) is 0 Å². The molecule has 3 aliphatic rings. The van der Waals surface area contributed by atoms with Crippen LogP contribution in [0.25, 0.3) is 11.0 Å². The van der Waals surface area contributed by atoms with Gasteiger partial charge < -0.3 is 63.3 Å². The van der Waals surface area contributed by atoms with Gasteiger partial charge in [0.05, 0.1) is 11.8 Å². The highest BCUT2D eigenvalue weighted by Gasteiger charge is 2.63. The number of hydrogen-bond acceptors (Lipinski definition) is 20. The first-order valence-corrected chi connectivity index (χ1v) is 17.8. The molecule has 1 aromatic heterocycles. The molecule has 0 unspecified atom stereocenters. The van der Waals surface area contributed by atoms with Gasteiger partial charge in [0.1, 0.15) is 31.0 Å². The van der Waals surface area contributed by atoms with Crippen molar-refractivity contribution in [3.8, 4) is 11.5 Å². The van der Waals surface area contributed by atoms with E-state index in [9.17, 15) is 43.2 Å². The average Bonchev–Trinajstić information content (AvgIpc) is 3.07. The Morgan fingerprint density at radius 1 is 0.542 bits per heavy atom. The van der Waals surface area contributed by atoms with Crippen molar-refractivity contribution in [2.45, 2.75) is 105 Å². The van der Waals surface area contributed by atoms with Crippen molar-refractivity contribution in [1.29, 1.82) is 0 Å². The molecule has 5 rings (SSSR count). The lowest BCUT2D eigenvalue weighted by atomic mass is 9.74. The monoisotopic (exact) mass is 838 g/mol. The van der Waals surface area contributed by atoms with E-state index in [1.54, 1.807) is 0 Å². The lowest BCUT2D eigenvalue weighted by Crippen LogP contribution is -2.69. The van der Waals surface area contributed by atoms with E-state index in [0.717, 1.165) is 41.5 Å². The van der Waals surface area contributed by atoms with Crippen LogP contribution in [0.5, 0.6) is 11.5 Å². The SMILES string of the molecule is CC(=O)OC[C@H]1O[C@H]2Oc3cc4oc(=O)ccc4cc3O[C@@H]3O[C@H](COC(C)=O)[C@@H](OC(C)=O)[C@H](OC(C)=O)[C@H]3[C@H]2[C@@H](OC(C)=O)[C@@H]1OC(C)=O.CC(N)=O.CC(N)=O. The second-order valence-corrected chi connectivity index (χ2v) is 13.2. The minimum Gasteiger partial charge on any atom is -0.463 e. The van der Waals surface area contributed by atoms with Crippen molar-refractivity contribution >= 4 is 58.6 Å². The summed E-state index contributed by atoms with van der Waals surface area (Å²) in [5.41, 5.74) is 8.37. The maximum absolute atomic E-state index is 12.7. The quantitative estimate of drug-likeness (QED) is 0.202. The smallest absolute Gasteiger partial charge is 0.336 e. The Hall–Kier alpha value is -6.29. The second kappa shape index (κ2) is 20.9. The van der Waals surface area contributed by atoms with Crippen molar-refractivity contribution in [1.82, 2.24) is 0 Å². The van der Waals surface area contributed by atoms with Gasteiger partial charge in [0.15, 0.2) is 35.9 Å². The highest BCUT2D eigenvalue weighted by molar-refractivity contribution is 5.81. The minimum absolute atomic E-state index is 0.00910. The molecule has 59 heavy (non-hydrogen) atoms. The minimum atomic E-state index is -1.53. The Morgan fingerprint density at radius 3 is 1.25 bits per heavy atom. The van der Waals surface area contributed by atoms with Gasteiger partial charge in [-0.25, -0.2) is 4.79 Å². The van der Waals surface area contributed by atoms with Gasteiger partial charge in [-0.1, -0.05) is 0 Å². The molecule has 4 heterocycles. The zero-order valence-corrected chi connectivity index (χ0v) is 33.3. The number of esters is 6. The maximum atomic E-state index is 12.7. The number of fused-ring (bicyclic) bond motifs is 5. The van der Waals surface area contributed by atoms with E-state index in [4.69, 9.17) is 51.8 Å². The zero-order valence-electron chi connectivity index (χ0n) is 33.3. The van der Waals surface area contributed by atoms with Gasteiger partial charge in [-0.05, 0) is 12.1 Å². The van der Waals surface area contributed by atoms with Crippen LogP contribution in [0.2, 0.25) is 0 Å². The fourth-order valence-electron chi connectivity index (χ4n) is 6.39. The van der Waals surface area contributed by atoms with Gasteiger partial charge >= 0.3 is 41.4 Å². The number of rotatable bonds is 8. The van der Waals surface area contributed by atoms with E-state index in [-0.39, 0.29) is 28.9 Å². The first-order valence-electron chi connectivity index (χ1n) is 17.8. The third-order valence-electron chi connectivity index (χ3n) is 8.11. The Bertz CT molecular complexity index is 1940. The Morgan fingerprint density at radius 2 is 0.898 bits per heavy atom. The fourth-order valence-corrected chi connectivity index (χ4v) is 6.39. The molecule has 3 aliphatic heterocycles. The Labute approximate surface area is 335 Å². The number of amides is 2. The van der Waals surface area contributed by atoms with Crippen molar-refractivity contribution < 1.29 is 90.1 Å². The summed E-state index contributed by atoms with van der Waals surface area (Å²) < 4.78 is 64.0. The molecule has 22 heteroatoms. The molecular formula is C37H46N2O20. The summed E-state index contributed by atoms with van der Waals surface area (Å²) in [6.45, 7) is 8.31. The highest BCUT2D eigenvalue weighted by atomic mass is 16.7. The Kier molecular flexibility index (Phi) is 16.7. The standard InChI is InChI=1S/C33H36O18.2C2H5NO/c1-13(34)41-11-23-28(43-15(3)36)30(45-17(5)38)26-27-31(46-18(6)39)29(44-16(4)37)24(12-42-14(2)35)51-33(27)49-22-10-20-19(7-8-25(40)47-20)9-21(22)48-32(26)50-23;2*1-2(3)4/h7-10,23-24,26-33H,11-12H2,1-6H3;2*1H3,(H2,3,4)/t23-,24-,26-,27+,28-,29-,30-,31-,32-,33-;;/m1../s1. The second-order valence-electron chi connectivity index (χ2n) is 13.2. The summed E-state index contributed by atoms with van der Waals surface area (Å²) in [6, 6.07) is 5.48. The lowest BCUT2D eigenvalue weighted by molar-refractivity contribution is -0.332. The van der Waals surface area contributed by atoms with Crippen molar-refractivity contribution in [2.24, 2.45) is 23.3 Å². The number of nitrogens with two attached hydrogens (primary N) is 2. The summed E-state index contributed by atoms with van der Waals surface area (Å²) in [6.07, 6.45) is -11.6. The molecule has 2 aromatic rings. The summed E-state index contributed by atoms with van der Waals surface area (Å²) in [5, 5.41) is 0.400. The topological polar surface area (TPSA) is 311 Å². The molecule has 22 nitrogen and oxygen atoms in total. The van der Waals surface area contributed by atoms with Crippen LogP contribution in [0.15, 0.2) is 33.5 Å². The van der Waals surface area contributed by atoms with E-state index >= 15 is 0 Å². The number of primary amides is 2. The van der Waals surface area contributed by atoms with Crippen molar-refractivity contribution in [2.75, 3.05) is 13.2 Å². The average molecular weight is 839 g/mol. The van der Waals surface area contributed by atoms with Crippen LogP contribution in [-0.2, 0) is 76.3 Å².